The SMILES string of the molecule is CN=C(NCCC(=O)N1CCN(c2ccccc2)CC1)NC1CN(C(C)C)CC1C.I. The molecule has 1 aromatic carbocycles. The van der Waals surface area contributed by atoms with Crippen LogP contribution in [0.3, 0.4) is 0 Å². The van der Waals surface area contributed by atoms with Gasteiger partial charge in [0.25, 0.3) is 0 Å². The third-order valence-electron chi connectivity index (χ3n) is 6.30. The average Bonchev–Trinajstić information content (AvgIpc) is 3.14. The van der Waals surface area contributed by atoms with Crippen molar-refractivity contribution >= 4 is 41.5 Å². The summed E-state index contributed by atoms with van der Waals surface area (Å²) in [5.74, 6) is 1.58. The first kappa shape index (κ1) is 25.7. The minimum absolute atomic E-state index is 0. The number of likely N-dealkylation sites (tertiary alicyclic amines) is 1. The number of piperazine rings is 1. The summed E-state index contributed by atoms with van der Waals surface area (Å²) in [6, 6.07) is 11.4. The normalized spacial score (nSPS) is 22.4. The lowest BCUT2D eigenvalue weighted by atomic mass is 10.1. The van der Waals surface area contributed by atoms with Gasteiger partial charge in [0.1, 0.15) is 0 Å². The van der Waals surface area contributed by atoms with Crippen LogP contribution in [0.1, 0.15) is 27.2 Å². The predicted octanol–water partition coefficient (Wildman–Crippen LogP) is 2.24. The standard InChI is InChI=1S/C23H38N6O.HI/c1-18(2)29-16-19(3)21(17-29)26-23(24-4)25-11-10-22(30)28-14-12-27(13-15-28)20-8-6-5-7-9-20;/h5-9,18-19,21H,10-17H2,1-4H3,(H2,24,25,26);1H. The van der Waals surface area contributed by atoms with Crippen molar-refractivity contribution in [1.29, 1.82) is 0 Å². The summed E-state index contributed by atoms with van der Waals surface area (Å²) in [6.07, 6.45) is 0.490. The molecule has 31 heavy (non-hydrogen) atoms. The van der Waals surface area contributed by atoms with Gasteiger partial charge < -0.3 is 20.4 Å². The highest BCUT2D eigenvalue weighted by molar-refractivity contribution is 14.0. The van der Waals surface area contributed by atoms with E-state index in [4.69, 9.17) is 0 Å². The molecule has 0 bridgehead atoms. The lowest BCUT2D eigenvalue weighted by Crippen LogP contribution is -2.50. The molecule has 2 fully saturated rings. The van der Waals surface area contributed by atoms with Crippen molar-refractivity contribution in [2.45, 2.75) is 39.3 Å². The Hall–Kier alpha value is -1.55. The van der Waals surface area contributed by atoms with Crippen LogP contribution in [-0.2, 0) is 4.79 Å². The van der Waals surface area contributed by atoms with Gasteiger partial charge in [0.2, 0.25) is 5.91 Å². The molecular formula is C23H39IN6O. The maximum absolute atomic E-state index is 12.6. The number of amides is 1. The van der Waals surface area contributed by atoms with E-state index in [1.807, 2.05) is 11.0 Å². The predicted molar refractivity (Wildman–Crippen MR) is 139 cm³/mol. The number of aliphatic imine (C=N–C) groups is 1. The van der Waals surface area contributed by atoms with Crippen molar-refractivity contribution in [2.24, 2.45) is 10.9 Å². The minimum Gasteiger partial charge on any atom is -0.368 e. The molecule has 0 saturated carbocycles. The molecule has 174 valence electrons. The Morgan fingerprint density at radius 2 is 1.81 bits per heavy atom. The number of benzene rings is 1. The van der Waals surface area contributed by atoms with E-state index in [1.54, 1.807) is 7.05 Å². The first-order valence-corrected chi connectivity index (χ1v) is 11.3. The quantitative estimate of drug-likeness (QED) is 0.328. The van der Waals surface area contributed by atoms with Crippen molar-refractivity contribution in [3.05, 3.63) is 30.3 Å². The summed E-state index contributed by atoms with van der Waals surface area (Å²) in [7, 11) is 1.79. The van der Waals surface area contributed by atoms with Gasteiger partial charge in [-0.1, -0.05) is 25.1 Å². The highest BCUT2D eigenvalue weighted by Gasteiger charge is 2.31. The Morgan fingerprint density at radius 1 is 1.13 bits per heavy atom. The molecule has 7 nitrogen and oxygen atoms in total. The topological polar surface area (TPSA) is 63.2 Å². The Morgan fingerprint density at radius 3 is 2.39 bits per heavy atom. The molecular weight excluding hydrogens is 503 g/mol. The van der Waals surface area contributed by atoms with E-state index in [9.17, 15) is 4.79 Å². The summed E-state index contributed by atoms with van der Waals surface area (Å²) < 4.78 is 0. The van der Waals surface area contributed by atoms with Crippen LogP contribution in [0, 0.1) is 5.92 Å². The van der Waals surface area contributed by atoms with Crippen LogP contribution in [0.15, 0.2) is 35.3 Å². The number of guanidine groups is 1. The van der Waals surface area contributed by atoms with Crippen LogP contribution in [0.5, 0.6) is 0 Å². The molecule has 0 radical (unpaired) electrons. The zero-order chi connectivity index (χ0) is 21.5. The number of nitrogens with one attached hydrogen (secondary N) is 2. The number of carbonyl (C=O) groups is 1. The van der Waals surface area contributed by atoms with E-state index in [1.165, 1.54) is 5.69 Å². The van der Waals surface area contributed by atoms with E-state index in [-0.39, 0.29) is 29.9 Å². The van der Waals surface area contributed by atoms with Gasteiger partial charge in [-0.25, -0.2) is 0 Å². The summed E-state index contributed by atoms with van der Waals surface area (Å²) in [5.41, 5.74) is 1.23. The molecule has 0 spiro atoms. The number of nitrogens with zero attached hydrogens (tertiary/aromatic N) is 4. The number of anilines is 1. The Labute approximate surface area is 204 Å². The highest BCUT2D eigenvalue weighted by atomic mass is 127. The van der Waals surface area contributed by atoms with Crippen LogP contribution in [0.4, 0.5) is 5.69 Å². The lowest BCUT2D eigenvalue weighted by Gasteiger charge is -2.36. The highest BCUT2D eigenvalue weighted by Crippen LogP contribution is 2.18. The van der Waals surface area contributed by atoms with Crippen LogP contribution in [0.2, 0.25) is 0 Å². The van der Waals surface area contributed by atoms with E-state index in [0.29, 0.717) is 31.0 Å². The zero-order valence-corrected chi connectivity index (χ0v) is 21.7. The smallest absolute Gasteiger partial charge is 0.224 e. The third-order valence-corrected chi connectivity index (χ3v) is 6.30. The molecule has 2 atom stereocenters. The van der Waals surface area contributed by atoms with Crippen LogP contribution >= 0.6 is 24.0 Å². The third kappa shape index (κ3) is 7.24. The van der Waals surface area contributed by atoms with Gasteiger partial charge in [-0.2, -0.15) is 0 Å². The lowest BCUT2D eigenvalue weighted by molar-refractivity contribution is -0.131. The molecule has 0 aromatic heterocycles. The summed E-state index contributed by atoms with van der Waals surface area (Å²) >= 11 is 0. The second-order valence-electron chi connectivity index (χ2n) is 8.73. The fraction of sp³-hybridized carbons (Fsp3) is 0.652. The summed E-state index contributed by atoms with van der Waals surface area (Å²) in [5, 5.41) is 6.87. The van der Waals surface area contributed by atoms with Gasteiger partial charge in [-0.05, 0) is 31.9 Å². The van der Waals surface area contributed by atoms with Crippen molar-refractivity contribution < 1.29 is 4.79 Å². The number of carbonyl (C=O) groups excluding carboxylic acids is 1. The van der Waals surface area contributed by atoms with Crippen molar-refractivity contribution in [3.63, 3.8) is 0 Å². The van der Waals surface area contributed by atoms with Crippen LogP contribution < -0.4 is 15.5 Å². The second kappa shape index (κ2) is 12.5. The number of para-hydroxylation sites is 1. The van der Waals surface area contributed by atoms with Gasteiger partial charge in [0, 0.05) is 77.1 Å². The van der Waals surface area contributed by atoms with Gasteiger partial charge in [0.05, 0.1) is 0 Å². The molecule has 1 aromatic rings. The average molecular weight is 543 g/mol. The zero-order valence-electron chi connectivity index (χ0n) is 19.4. The van der Waals surface area contributed by atoms with E-state index >= 15 is 0 Å². The molecule has 2 unspecified atom stereocenters. The summed E-state index contributed by atoms with van der Waals surface area (Å²) in [4.78, 5) is 23.8. The maximum atomic E-state index is 12.6. The maximum Gasteiger partial charge on any atom is 0.224 e. The Balaban J connectivity index is 0.00000341. The van der Waals surface area contributed by atoms with Gasteiger partial charge in [-0.15, -0.1) is 24.0 Å². The molecule has 2 N–H and O–H groups in total. The molecule has 2 heterocycles. The van der Waals surface area contributed by atoms with Gasteiger partial charge in [-0.3, -0.25) is 14.7 Å². The van der Waals surface area contributed by atoms with Crippen molar-refractivity contribution in [2.75, 3.05) is 57.8 Å². The Bertz CT molecular complexity index is 705. The fourth-order valence-corrected chi connectivity index (χ4v) is 4.28. The van der Waals surface area contributed by atoms with Crippen LogP contribution in [0.25, 0.3) is 0 Å². The number of hydrogen-bond donors (Lipinski definition) is 2. The first-order valence-electron chi connectivity index (χ1n) is 11.3. The summed E-state index contributed by atoms with van der Waals surface area (Å²) in [6.45, 7) is 12.9. The van der Waals surface area contributed by atoms with E-state index < -0.39 is 0 Å². The minimum atomic E-state index is 0. The van der Waals surface area contributed by atoms with Crippen molar-refractivity contribution in [1.82, 2.24) is 20.4 Å². The molecule has 2 saturated heterocycles. The molecule has 1 amide bonds. The largest absolute Gasteiger partial charge is 0.368 e. The first-order chi connectivity index (χ1) is 14.5. The molecule has 2 aliphatic rings. The van der Waals surface area contributed by atoms with Gasteiger partial charge in [0.15, 0.2) is 5.96 Å². The van der Waals surface area contributed by atoms with Gasteiger partial charge >= 0.3 is 0 Å². The monoisotopic (exact) mass is 542 g/mol. The number of hydrogen-bond acceptors (Lipinski definition) is 4. The van der Waals surface area contributed by atoms with E-state index in [2.05, 4.69) is 70.5 Å². The number of halogens is 1. The molecule has 2 aliphatic heterocycles. The van der Waals surface area contributed by atoms with E-state index in [0.717, 1.165) is 45.2 Å². The second-order valence-corrected chi connectivity index (χ2v) is 8.73. The number of rotatable bonds is 6. The van der Waals surface area contributed by atoms with Crippen molar-refractivity contribution in [3.8, 4) is 0 Å². The molecule has 0 aliphatic carbocycles. The molecule has 8 heteroatoms. The fourth-order valence-electron chi connectivity index (χ4n) is 4.28. The Kier molecular flexibility index (Phi) is 10.3. The molecule has 3 rings (SSSR count). The van der Waals surface area contributed by atoms with Crippen LogP contribution in [-0.4, -0.2) is 86.6 Å².